The Morgan fingerprint density at radius 1 is 0.438 bits per heavy atom. The highest BCUT2D eigenvalue weighted by molar-refractivity contribution is 5.07. The quantitative estimate of drug-likeness (QED) is 0.110. The van der Waals surface area contributed by atoms with E-state index in [9.17, 15) is 0 Å². The maximum absolute atomic E-state index is 2.39. The fourth-order valence-corrected chi connectivity index (χ4v) is 4.76. The molecule has 1 heteroatoms. The summed E-state index contributed by atoms with van der Waals surface area (Å²) < 4.78 is 2.39. The highest BCUT2D eigenvalue weighted by atomic mass is 14.9. The molecule has 1 nitrogen and oxygen atoms in total. The van der Waals surface area contributed by atoms with Gasteiger partial charge in [-0.1, -0.05) is 136 Å². The largest absolute Gasteiger partial charge is 0.205 e. The summed E-state index contributed by atoms with van der Waals surface area (Å²) in [6.07, 6.45) is 37.3. The van der Waals surface area contributed by atoms with Crippen LogP contribution in [0.5, 0.6) is 0 Å². The van der Waals surface area contributed by atoms with Gasteiger partial charge in [-0.2, -0.15) is 0 Å². The molecule has 0 unspecified atom stereocenters. The smallest absolute Gasteiger partial charge is 0.169 e. The second kappa shape index (κ2) is 23.3. The van der Waals surface area contributed by atoms with Crippen LogP contribution in [0.2, 0.25) is 0 Å². The van der Waals surface area contributed by atoms with Crippen LogP contribution in [0.4, 0.5) is 0 Å². The van der Waals surface area contributed by atoms with Crippen LogP contribution in [0.25, 0.3) is 0 Å². The van der Waals surface area contributed by atoms with Gasteiger partial charge in [-0.05, 0) is 24.8 Å². The van der Waals surface area contributed by atoms with E-state index in [0.29, 0.717) is 0 Å². The van der Waals surface area contributed by atoms with Gasteiger partial charge in [0.05, 0.1) is 0 Å². The van der Waals surface area contributed by atoms with Gasteiger partial charge in [0.15, 0.2) is 12.4 Å². The second-order valence-corrected chi connectivity index (χ2v) is 10.3. The van der Waals surface area contributed by atoms with Crippen LogP contribution < -0.4 is 4.57 Å². The molecule has 0 saturated carbocycles. The van der Waals surface area contributed by atoms with Crippen LogP contribution in [-0.4, -0.2) is 0 Å². The molecule has 0 spiro atoms. The number of hydrogen-bond donors (Lipinski definition) is 0. The molecule has 0 atom stereocenters. The Morgan fingerprint density at radius 2 is 0.781 bits per heavy atom. The summed E-state index contributed by atoms with van der Waals surface area (Å²) in [7, 11) is 0. The summed E-state index contributed by atoms with van der Waals surface area (Å²) in [5.41, 5.74) is 1.52. The van der Waals surface area contributed by atoms with E-state index in [0.717, 1.165) is 0 Å². The molecule has 1 rings (SSSR count). The van der Waals surface area contributed by atoms with Crippen molar-refractivity contribution in [1.29, 1.82) is 0 Å². The molecule has 1 aromatic rings. The van der Waals surface area contributed by atoms with Crippen LogP contribution in [0, 0.1) is 0 Å². The van der Waals surface area contributed by atoms with Gasteiger partial charge in [0, 0.05) is 18.6 Å². The van der Waals surface area contributed by atoms with Crippen molar-refractivity contribution in [3.63, 3.8) is 0 Å². The second-order valence-electron chi connectivity index (χ2n) is 10.3. The Bertz CT molecular complexity index is 478. The van der Waals surface area contributed by atoms with Crippen molar-refractivity contribution >= 4 is 0 Å². The molecule has 0 saturated heterocycles. The van der Waals surface area contributed by atoms with Gasteiger partial charge in [-0.15, -0.1) is 0 Å². The molecular weight excluding hydrogens is 386 g/mol. The molecule has 1 heterocycles. The van der Waals surface area contributed by atoms with E-state index in [1.165, 1.54) is 160 Å². The molecule has 32 heavy (non-hydrogen) atoms. The number of pyridine rings is 1. The number of rotatable bonds is 24. The maximum Gasteiger partial charge on any atom is 0.169 e. The number of aryl methyl sites for hydroxylation is 2. The molecule has 0 aliphatic carbocycles. The Morgan fingerprint density at radius 3 is 1.19 bits per heavy atom. The first-order valence-electron chi connectivity index (χ1n) is 14.8. The Hall–Kier alpha value is -0.850. The number of aromatic nitrogens is 1. The average Bonchev–Trinajstić information content (AvgIpc) is 2.82. The fourth-order valence-electron chi connectivity index (χ4n) is 4.76. The van der Waals surface area contributed by atoms with E-state index in [1.54, 1.807) is 0 Å². The molecule has 0 fully saturated rings. The normalized spacial score (nSPS) is 11.3. The van der Waals surface area contributed by atoms with Crippen LogP contribution in [0.1, 0.15) is 161 Å². The first-order valence-corrected chi connectivity index (χ1v) is 14.8. The van der Waals surface area contributed by atoms with Crippen molar-refractivity contribution < 1.29 is 4.57 Å². The zero-order valence-electron chi connectivity index (χ0n) is 22.2. The van der Waals surface area contributed by atoms with Gasteiger partial charge < -0.3 is 0 Å². The Balaban J connectivity index is 1.89. The first kappa shape index (κ1) is 29.2. The molecule has 186 valence electrons. The van der Waals surface area contributed by atoms with Crippen molar-refractivity contribution in [2.75, 3.05) is 0 Å². The summed E-state index contributed by atoms with van der Waals surface area (Å²) in [6, 6.07) is 4.71. The van der Waals surface area contributed by atoms with Gasteiger partial charge in [-0.3, -0.25) is 0 Å². The summed E-state index contributed by atoms with van der Waals surface area (Å²) >= 11 is 0. The maximum atomic E-state index is 2.39. The molecule has 1 aromatic heterocycles. The van der Waals surface area contributed by atoms with Gasteiger partial charge >= 0.3 is 0 Å². The number of nitrogens with zero attached hydrogens (tertiary/aromatic N) is 1. The topological polar surface area (TPSA) is 3.88 Å². The zero-order chi connectivity index (χ0) is 23.0. The fraction of sp³-hybridized carbons (Fsp3) is 0.839. The Kier molecular flexibility index (Phi) is 21.3. The molecule has 0 radical (unpaired) electrons. The highest BCUT2D eigenvalue weighted by Gasteiger charge is 2.02. The van der Waals surface area contributed by atoms with Crippen molar-refractivity contribution in [2.45, 2.75) is 168 Å². The summed E-state index contributed by atoms with van der Waals surface area (Å²) in [5.74, 6) is 0. The van der Waals surface area contributed by atoms with Crippen LogP contribution in [0.3, 0.4) is 0 Å². The third-order valence-electron chi connectivity index (χ3n) is 7.05. The van der Waals surface area contributed by atoms with Gasteiger partial charge in [0.1, 0.15) is 6.54 Å². The molecule has 0 bridgehead atoms. The number of unbranched alkanes of at least 4 members (excludes halogenated alkanes) is 20. The van der Waals surface area contributed by atoms with Gasteiger partial charge in [0.2, 0.25) is 0 Å². The highest BCUT2D eigenvalue weighted by Crippen LogP contribution is 2.13. The lowest BCUT2D eigenvalue weighted by atomic mass is 10.0. The molecule has 0 aliphatic heterocycles. The first-order chi connectivity index (χ1) is 15.9. The minimum Gasteiger partial charge on any atom is -0.205 e. The molecule has 0 aromatic carbocycles. The van der Waals surface area contributed by atoms with Crippen molar-refractivity contribution in [3.05, 3.63) is 30.1 Å². The molecule has 0 amide bonds. The van der Waals surface area contributed by atoms with Crippen LogP contribution >= 0.6 is 0 Å². The zero-order valence-corrected chi connectivity index (χ0v) is 22.2. The van der Waals surface area contributed by atoms with E-state index in [-0.39, 0.29) is 0 Å². The molecule has 0 aliphatic rings. The van der Waals surface area contributed by atoms with E-state index in [4.69, 9.17) is 0 Å². The summed E-state index contributed by atoms with van der Waals surface area (Å²) in [4.78, 5) is 0. The van der Waals surface area contributed by atoms with E-state index in [1.807, 2.05) is 0 Å². The Labute approximate surface area is 202 Å². The van der Waals surface area contributed by atoms with E-state index < -0.39 is 0 Å². The number of hydrogen-bond acceptors (Lipinski definition) is 0. The van der Waals surface area contributed by atoms with Crippen molar-refractivity contribution in [2.24, 2.45) is 0 Å². The van der Waals surface area contributed by atoms with E-state index >= 15 is 0 Å². The SMILES string of the molecule is CCCCCCCCCCCCCC[n+]1ccc(CCCCCCCCCCCC)cc1. The van der Waals surface area contributed by atoms with Crippen molar-refractivity contribution in [3.8, 4) is 0 Å². The van der Waals surface area contributed by atoms with Crippen LogP contribution in [-0.2, 0) is 13.0 Å². The predicted molar refractivity (Wildman–Crippen MR) is 143 cm³/mol. The minimum atomic E-state index is 1.19. The summed E-state index contributed by atoms with van der Waals surface area (Å²) in [6.45, 7) is 5.79. The predicted octanol–water partition coefficient (Wildman–Crippen LogP) is 10.1. The van der Waals surface area contributed by atoms with Crippen molar-refractivity contribution in [1.82, 2.24) is 0 Å². The third-order valence-corrected chi connectivity index (χ3v) is 7.05. The lowest BCUT2D eigenvalue weighted by molar-refractivity contribution is -0.697. The minimum absolute atomic E-state index is 1.19. The lowest BCUT2D eigenvalue weighted by Crippen LogP contribution is -2.32. The molecule has 0 N–H and O–H groups in total. The summed E-state index contributed by atoms with van der Waals surface area (Å²) in [5, 5.41) is 0. The standard InChI is InChI=1S/C31H58N/c1-3-5-7-9-11-13-15-16-18-20-22-24-28-32-29-26-31(27-30-32)25-23-21-19-17-14-12-10-8-6-4-2/h26-27,29-30H,3-25,28H2,1-2H3/q+1. The monoisotopic (exact) mass is 444 g/mol. The average molecular weight is 445 g/mol. The third kappa shape index (κ3) is 18.7. The van der Waals surface area contributed by atoms with Gasteiger partial charge in [0.25, 0.3) is 0 Å². The van der Waals surface area contributed by atoms with E-state index in [2.05, 4.69) is 42.9 Å². The van der Waals surface area contributed by atoms with Crippen LogP contribution in [0.15, 0.2) is 24.5 Å². The lowest BCUT2D eigenvalue weighted by Gasteiger charge is -2.04. The van der Waals surface area contributed by atoms with Gasteiger partial charge in [-0.25, -0.2) is 4.57 Å². The molecular formula is C31H58N+.